The van der Waals surface area contributed by atoms with E-state index in [9.17, 15) is 0 Å². The summed E-state index contributed by atoms with van der Waals surface area (Å²) in [5.74, 6) is 0. The van der Waals surface area contributed by atoms with E-state index < -0.39 is 0 Å². The molecule has 0 aromatic heterocycles. The van der Waals surface area contributed by atoms with Crippen molar-refractivity contribution in [3.05, 3.63) is 24.3 Å². The lowest BCUT2D eigenvalue weighted by Crippen LogP contribution is -2.44. The summed E-state index contributed by atoms with van der Waals surface area (Å²) in [6.45, 7) is 2.28. The minimum Gasteiger partial charge on any atom is -0.376 e. The molecule has 3 nitrogen and oxygen atoms in total. The largest absolute Gasteiger partial charge is 0.376 e. The average molecular weight is 233 g/mol. The van der Waals surface area contributed by atoms with Crippen molar-refractivity contribution in [1.82, 2.24) is 5.32 Å². The third-order valence-electron chi connectivity index (χ3n) is 3.53. The normalized spacial score (nSPS) is 20.4. The second-order valence-electron chi connectivity index (χ2n) is 4.96. The van der Waals surface area contributed by atoms with Crippen molar-refractivity contribution in [3.63, 3.8) is 0 Å². The Hall–Kier alpha value is -1.22. The lowest BCUT2D eigenvalue weighted by Gasteiger charge is -2.36. The van der Waals surface area contributed by atoms with Gasteiger partial charge in [-0.05, 0) is 32.0 Å². The molecular formula is C14H23N3. The minimum atomic E-state index is 0.624. The summed E-state index contributed by atoms with van der Waals surface area (Å²) in [5.41, 5.74) is 2.67. The number of hydrogen-bond acceptors (Lipinski definition) is 3. The van der Waals surface area contributed by atoms with Crippen LogP contribution in [0.25, 0.3) is 0 Å². The number of para-hydroxylation sites is 2. The summed E-state index contributed by atoms with van der Waals surface area (Å²) in [6, 6.07) is 9.29. The zero-order valence-electron chi connectivity index (χ0n) is 11.1. The number of nitrogens with one attached hydrogen (secondary N) is 1. The van der Waals surface area contributed by atoms with E-state index in [4.69, 9.17) is 0 Å². The van der Waals surface area contributed by atoms with Crippen molar-refractivity contribution in [3.8, 4) is 0 Å². The lowest BCUT2D eigenvalue weighted by molar-refractivity contribution is 0.450. The SMILES string of the molecule is CNC1CCCN(c2ccccc2N(C)C)C1. The highest BCUT2D eigenvalue weighted by Gasteiger charge is 2.20. The molecule has 0 spiro atoms. The third kappa shape index (κ3) is 2.72. The topological polar surface area (TPSA) is 18.5 Å². The van der Waals surface area contributed by atoms with Crippen LogP contribution in [-0.4, -0.2) is 40.3 Å². The van der Waals surface area contributed by atoms with E-state index in [1.807, 2.05) is 0 Å². The number of benzene rings is 1. The molecule has 0 saturated carbocycles. The Labute approximate surface area is 104 Å². The van der Waals surface area contributed by atoms with Crippen LogP contribution in [0.3, 0.4) is 0 Å². The maximum atomic E-state index is 3.40. The first-order valence-corrected chi connectivity index (χ1v) is 6.41. The van der Waals surface area contributed by atoms with Crippen molar-refractivity contribution >= 4 is 11.4 Å². The van der Waals surface area contributed by atoms with Gasteiger partial charge in [0.1, 0.15) is 0 Å². The predicted octanol–water partition coefficient (Wildman–Crippen LogP) is 1.94. The molecule has 3 heteroatoms. The quantitative estimate of drug-likeness (QED) is 0.861. The Morgan fingerprint density at radius 1 is 1.29 bits per heavy atom. The lowest BCUT2D eigenvalue weighted by atomic mass is 10.0. The number of likely N-dealkylation sites (N-methyl/N-ethyl adjacent to an activating group) is 1. The molecule has 94 valence electrons. The molecule has 1 heterocycles. The van der Waals surface area contributed by atoms with Gasteiger partial charge in [0.2, 0.25) is 0 Å². The molecule has 1 N–H and O–H groups in total. The van der Waals surface area contributed by atoms with Gasteiger partial charge in [-0.1, -0.05) is 12.1 Å². The smallest absolute Gasteiger partial charge is 0.0604 e. The van der Waals surface area contributed by atoms with E-state index in [1.165, 1.54) is 30.8 Å². The van der Waals surface area contributed by atoms with Crippen LogP contribution in [0.1, 0.15) is 12.8 Å². The van der Waals surface area contributed by atoms with Crippen LogP contribution in [0.15, 0.2) is 24.3 Å². The van der Waals surface area contributed by atoms with Crippen LogP contribution in [0.5, 0.6) is 0 Å². The molecule has 2 rings (SSSR count). The Morgan fingerprint density at radius 3 is 2.76 bits per heavy atom. The zero-order valence-corrected chi connectivity index (χ0v) is 11.1. The molecule has 0 aliphatic carbocycles. The van der Waals surface area contributed by atoms with Gasteiger partial charge in [-0.2, -0.15) is 0 Å². The van der Waals surface area contributed by atoms with Gasteiger partial charge in [0.25, 0.3) is 0 Å². The summed E-state index contributed by atoms with van der Waals surface area (Å²) in [4.78, 5) is 4.69. The van der Waals surface area contributed by atoms with Gasteiger partial charge >= 0.3 is 0 Å². The van der Waals surface area contributed by atoms with E-state index in [0.29, 0.717) is 6.04 Å². The first-order valence-electron chi connectivity index (χ1n) is 6.41. The molecule has 1 fully saturated rings. The van der Waals surface area contributed by atoms with E-state index in [-0.39, 0.29) is 0 Å². The number of nitrogens with zero attached hydrogens (tertiary/aromatic N) is 2. The maximum absolute atomic E-state index is 3.40. The van der Waals surface area contributed by atoms with E-state index in [2.05, 4.69) is 60.5 Å². The first-order chi connectivity index (χ1) is 8.22. The van der Waals surface area contributed by atoms with Gasteiger partial charge in [0.05, 0.1) is 11.4 Å². The molecule has 0 amide bonds. The molecule has 1 atom stereocenters. The monoisotopic (exact) mass is 233 g/mol. The Morgan fingerprint density at radius 2 is 2.06 bits per heavy atom. The fourth-order valence-corrected chi connectivity index (χ4v) is 2.54. The molecule has 0 radical (unpaired) electrons. The predicted molar refractivity (Wildman–Crippen MR) is 75.1 cm³/mol. The van der Waals surface area contributed by atoms with Crippen LogP contribution >= 0.6 is 0 Å². The van der Waals surface area contributed by atoms with Crippen molar-refractivity contribution < 1.29 is 0 Å². The average Bonchev–Trinajstić information content (AvgIpc) is 2.39. The Balaban J connectivity index is 2.21. The number of anilines is 2. The highest BCUT2D eigenvalue weighted by Crippen LogP contribution is 2.29. The fourth-order valence-electron chi connectivity index (χ4n) is 2.54. The van der Waals surface area contributed by atoms with E-state index >= 15 is 0 Å². The summed E-state index contributed by atoms with van der Waals surface area (Å²) in [5, 5.41) is 3.40. The number of piperidine rings is 1. The van der Waals surface area contributed by atoms with Crippen molar-refractivity contribution in [1.29, 1.82) is 0 Å². The molecule has 1 saturated heterocycles. The molecule has 1 unspecified atom stereocenters. The molecule has 1 aliphatic rings. The summed E-state index contributed by atoms with van der Waals surface area (Å²) in [7, 11) is 6.28. The second kappa shape index (κ2) is 5.41. The van der Waals surface area contributed by atoms with Gasteiger partial charge in [-0.3, -0.25) is 0 Å². The van der Waals surface area contributed by atoms with E-state index in [1.54, 1.807) is 0 Å². The van der Waals surface area contributed by atoms with Gasteiger partial charge in [0, 0.05) is 33.2 Å². The first kappa shape index (κ1) is 12.2. The third-order valence-corrected chi connectivity index (χ3v) is 3.53. The van der Waals surface area contributed by atoms with Crippen LogP contribution in [0.4, 0.5) is 11.4 Å². The van der Waals surface area contributed by atoms with Crippen LogP contribution in [0.2, 0.25) is 0 Å². The van der Waals surface area contributed by atoms with E-state index in [0.717, 1.165) is 6.54 Å². The molecule has 0 bridgehead atoms. The van der Waals surface area contributed by atoms with Gasteiger partial charge in [-0.25, -0.2) is 0 Å². The second-order valence-corrected chi connectivity index (χ2v) is 4.96. The van der Waals surface area contributed by atoms with Crippen molar-refractivity contribution in [2.75, 3.05) is 44.0 Å². The highest BCUT2D eigenvalue weighted by molar-refractivity contribution is 5.70. The zero-order chi connectivity index (χ0) is 12.3. The number of hydrogen-bond donors (Lipinski definition) is 1. The van der Waals surface area contributed by atoms with Crippen LogP contribution in [-0.2, 0) is 0 Å². The van der Waals surface area contributed by atoms with Gasteiger partial charge in [0.15, 0.2) is 0 Å². The summed E-state index contributed by atoms with van der Waals surface area (Å²) >= 11 is 0. The molecule has 17 heavy (non-hydrogen) atoms. The number of rotatable bonds is 3. The standard InChI is InChI=1S/C14H23N3/c1-15-12-7-6-10-17(11-12)14-9-5-4-8-13(14)16(2)3/h4-5,8-9,12,15H,6-7,10-11H2,1-3H3. The molecule has 1 aromatic rings. The fraction of sp³-hybridized carbons (Fsp3) is 0.571. The van der Waals surface area contributed by atoms with Crippen LogP contribution < -0.4 is 15.1 Å². The molecular weight excluding hydrogens is 210 g/mol. The van der Waals surface area contributed by atoms with Crippen molar-refractivity contribution in [2.45, 2.75) is 18.9 Å². The Bertz CT molecular complexity index is 362. The molecule has 1 aliphatic heterocycles. The Kier molecular flexibility index (Phi) is 3.89. The molecule has 1 aromatic carbocycles. The van der Waals surface area contributed by atoms with Gasteiger partial charge < -0.3 is 15.1 Å². The van der Waals surface area contributed by atoms with Crippen LogP contribution in [0, 0.1) is 0 Å². The van der Waals surface area contributed by atoms with Gasteiger partial charge in [-0.15, -0.1) is 0 Å². The maximum Gasteiger partial charge on any atom is 0.0604 e. The minimum absolute atomic E-state index is 0.624. The highest BCUT2D eigenvalue weighted by atomic mass is 15.2. The summed E-state index contributed by atoms with van der Waals surface area (Å²) in [6.07, 6.45) is 2.56. The van der Waals surface area contributed by atoms with Crippen molar-refractivity contribution in [2.24, 2.45) is 0 Å². The summed E-state index contributed by atoms with van der Waals surface area (Å²) < 4.78 is 0.